The van der Waals surface area contributed by atoms with Crippen LogP contribution < -0.4 is 4.72 Å². The van der Waals surface area contributed by atoms with E-state index in [0.29, 0.717) is 0 Å². The molecule has 0 amide bonds. The normalized spacial score (nSPS) is 11.5. The van der Waals surface area contributed by atoms with Gasteiger partial charge in [-0.05, 0) is 15.9 Å². The maximum absolute atomic E-state index is 12.1. The van der Waals surface area contributed by atoms with Gasteiger partial charge in [-0.3, -0.25) is 9.52 Å². The predicted molar refractivity (Wildman–Crippen MR) is 73.0 cm³/mol. The van der Waals surface area contributed by atoms with Gasteiger partial charge in [-0.1, -0.05) is 5.21 Å². The molecule has 0 unspecified atom stereocenters. The number of carboxylic acid groups (broad SMARTS) is 1. The third-order valence-electron chi connectivity index (χ3n) is 2.10. The minimum absolute atomic E-state index is 0.0781. The Bertz CT molecular complexity index is 733. The van der Waals surface area contributed by atoms with E-state index >= 15 is 0 Å². The summed E-state index contributed by atoms with van der Waals surface area (Å²) >= 11 is 3.99. The molecular weight excluding hydrogens is 374 g/mol. The molecule has 0 aliphatic rings. The fourth-order valence-electron chi connectivity index (χ4n) is 1.36. The Hall–Kier alpha value is -1.53. The number of nitrogens with one attached hydrogen (secondary N) is 1. The summed E-state index contributed by atoms with van der Waals surface area (Å²) in [6.07, 6.45) is -0.269. The van der Waals surface area contributed by atoms with E-state index in [0.717, 1.165) is 16.0 Å². The van der Waals surface area contributed by atoms with Crippen LogP contribution in [0.5, 0.6) is 0 Å². The van der Waals surface area contributed by atoms with Crippen LogP contribution in [0.1, 0.15) is 5.69 Å². The van der Waals surface area contributed by atoms with Crippen LogP contribution in [-0.2, 0) is 28.3 Å². The van der Waals surface area contributed by atoms with Crippen LogP contribution in [0, 0.1) is 0 Å². The minimum Gasteiger partial charge on any atom is -0.481 e. The standard InChI is InChI=1S/C8H8BrN5O4S2/c1-14-7(6(9)11-13-14)20(17,18)12-8-10-4(3-19-8)2-5(15)16/h3H,2H2,1H3,(H,10,12)(H,15,16). The summed E-state index contributed by atoms with van der Waals surface area (Å²) in [4.78, 5) is 14.4. The first-order chi connectivity index (χ1) is 9.29. The second-order valence-electron chi connectivity index (χ2n) is 3.63. The maximum atomic E-state index is 12.1. The van der Waals surface area contributed by atoms with Gasteiger partial charge in [0.15, 0.2) is 9.73 Å². The third-order valence-corrected chi connectivity index (χ3v) is 5.26. The number of aliphatic carboxylic acids is 1. The number of nitrogens with zero attached hydrogens (tertiary/aromatic N) is 4. The highest BCUT2D eigenvalue weighted by atomic mass is 79.9. The van der Waals surface area contributed by atoms with Crippen molar-refractivity contribution in [3.05, 3.63) is 15.7 Å². The average Bonchev–Trinajstić information content (AvgIpc) is 2.85. The van der Waals surface area contributed by atoms with Crippen LogP contribution in [0.15, 0.2) is 15.0 Å². The van der Waals surface area contributed by atoms with E-state index in [1.165, 1.54) is 12.4 Å². The highest BCUT2D eigenvalue weighted by Gasteiger charge is 2.25. The fourth-order valence-corrected chi connectivity index (χ4v) is 4.42. The van der Waals surface area contributed by atoms with Crippen molar-refractivity contribution in [2.75, 3.05) is 4.72 Å². The lowest BCUT2D eigenvalue weighted by atomic mass is 10.3. The van der Waals surface area contributed by atoms with Gasteiger partial charge < -0.3 is 5.11 Å². The molecule has 2 rings (SSSR count). The van der Waals surface area contributed by atoms with Crippen molar-refractivity contribution in [2.24, 2.45) is 7.05 Å². The molecule has 0 spiro atoms. The molecule has 0 saturated heterocycles. The van der Waals surface area contributed by atoms with Gasteiger partial charge in [-0.2, -0.15) is 8.42 Å². The largest absolute Gasteiger partial charge is 0.481 e. The molecule has 0 fully saturated rings. The number of hydrogen-bond acceptors (Lipinski definition) is 7. The van der Waals surface area contributed by atoms with Crippen LogP contribution in [0.4, 0.5) is 5.13 Å². The predicted octanol–water partition coefficient (Wildman–Crippen LogP) is 0.462. The monoisotopic (exact) mass is 381 g/mol. The maximum Gasteiger partial charge on any atom is 0.309 e. The molecule has 2 aromatic rings. The number of rotatable bonds is 5. The van der Waals surface area contributed by atoms with Crippen molar-refractivity contribution in [3.8, 4) is 0 Å². The quantitative estimate of drug-likeness (QED) is 0.769. The highest BCUT2D eigenvalue weighted by Crippen LogP contribution is 2.23. The highest BCUT2D eigenvalue weighted by molar-refractivity contribution is 9.10. The average molecular weight is 382 g/mol. The number of aromatic nitrogens is 4. The van der Waals surface area contributed by atoms with E-state index < -0.39 is 16.0 Å². The van der Waals surface area contributed by atoms with E-state index in [9.17, 15) is 13.2 Å². The molecule has 9 nitrogen and oxygen atoms in total. The first-order valence-corrected chi connectivity index (χ1v) is 8.19. The second-order valence-corrected chi connectivity index (χ2v) is 6.84. The molecule has 0 radical (unpaired) electrons. The minimum atomic E-state index is -3.90. The second kappa shape index (κ2) is 5.46. The molecule has 12 heteroatoms. The fraction of sp³-hybridized carbons (Fsp3) is 0.250. The van der Waals surface area contributed by atoms with E-state index in [-0.39, 0.29) is 26.9 Å². The molecule has 0 saturated carbocycles. The number of hydrogen-bond donors (Lipinski definition) is 2. The number of sulfonamides is 1. The number of thiazole rings is 1. The molecule has 0 bridgehead atoms. The Balaban J connectivity index is 2.25. The number of carbonyl (C=O) groups is 1. The number of anilines is 1. The summed E-state index contributed by atoms with van der Waals surface area (Å²) in [6, 6.07) is 0. The first kappa shape index (κ1) is 14.9. The lowest BCUT2D eigenvalue weighted by molar-refractivity contribution is -0.136. The van der Waals surface area contributed by atoms with Gasteiger partial charge in [0.25, 0.3) is 10.0 Å². The van der Waals surface area contributed by atoms with Crippen LogP contribution in [-0.4, -0.2) is 39.5 Å². The molecule has 0 atom stereocenters. The van der Waals surface area contributed by atoms with Gasteiger partial charge in [-0.25, -0.2) is 9.67 Å². The molecule has 20 heavy (non-hydrogen) atoms. The van der Waals surface area contributed by atoms with Crippen molar-refractivity contribution in [1.29, 1.82) is 0 Å². The van der Waals surface area contributed by atoms with Gasteiger partial charge in [-0.15, -0.1) is 16.4 Å². The zero-order valence-corrected chi connectivity index (χ0v) is 13.2. The first-order valence-electron chi connectivity index (χ1n) is 5.04. The summed E-state index contributed by atoms with van der Waals surface area (Å²) in [5, 5.41) is 17.2. The molecule has 0 aromatic carbocycles. The molecule has 0 aliphatic heterocycles. The van der Waals surface area contributed by atoms with Crippen molar-refractivity contribution in [1.82, 2.24) is 20.0 Å². The summed E-state index contributed by atoms with van der Waals surface area (Å²) in [7, 11) is -2.47. The summed E-state index contributed by atoms with van der Waals surface area (Å²) < 4.78 is 27.7. The summed E-state index contributed by atoms with van der Waals surface area (Å²) in [5.41, 5.74) is 0.280. The van der Waals surface area contributed by atoms with Crippen LogP contribution in [0.3, 0.4) is 0 Å². The zero-order valence-electron chi connectivity index (χ0n) is 9.94. The van der Waals surface area contributed by atoms with Crippen molar-refractivity contribution in [2.45, 2.75) is 11.4 Å². The van der Waals surface area contributed by atoms with Gasteiger partial charge in [0.2, 0.25) is 5.03 Å². The Labute approximate surface area is 125 Å². The Morgan fingerprint density at radius 1 is 1.60 bits per heavy atom. The molecular formula is C8H8BrN5O4S2. The molecule has 0 aliphatic carbocycles. The summed E-state index contributed by atoms with van der Waals surface area (Å²) in [5.74, 6) is -1.04. The van der Waals surface area contributed by atoms with Gasteiger partial charge in [0, 0.05) is 12.4 Å². The summed E-state index contributed by atoms with van der Waals surface area (Å²) in [6.45, 7) is 0. The van der Waals surface area contributed by atoms with Crippen molar-refractivity contribution >= 4 is 48.4 Å². The molecule has 108 valence electrons. The number of aryl methyl sites for hydroxylation is 1. The van der Waals surface area contributed by atoms with Crippen molar-refractivity contribution in [3.63, 3.8) is 0 Å². The lowest BCUT2D eigenvalue weighted by Crippen LogP contribution is -2.17. The van der Waals surface area contributed by atoms with Crippen molar-refractivity contribution < 1.29 is 18.3 Å². The SMILES string of the molecule is Cn1nnc(Br)c1S(=O)(=O)Nc1nc(CC(=O)O)cs1. The molecule has 2 N–H and O–H groups in total. The zero-order chi connectivity index (χ0) is 14.9. The van der Waals surface area contributed by atoms with E-state index in [4.69, 9.17) is 5.11 Å². The third kappa shape index (κ3) is 3.13. The topological polar surface area (TPSA) is 127 Å². The Morgan fingerprint density at radius 3 is 2.85 bits per heavy atom. The van der Waals surface area contributed by atoms with E-state index in [2.05, 4.69) is 35.9 Å². The number of carboxylic acids is 1. The van der Waals surface area contributed by atoms with E-state index in [1.54, 1.807) is 0 Å². The van der Waals surface area contributed by atoms with Crippen LogP contribution in [0.2, 0.25) is 0 Å². The Kier molecular flexibility index (Phi) is 4.06. The van der Waals surface area contributed by atoms with Gasteiger partial charge >= 0.3 is 5.97 Å². The van der Waals surface area contributed by atoms with Crippen LogP contribution in [0.25, 0.3) is 0 Å². The lowest BCUT2D eigenvalue weighted by Gasteiger charge is -2.04. The van der Waals surface area contributed by atoms with Gasteiger partial charge in [0.05, 0.1) is 12.1 Å². The Morgan fingerprint density at radius 2 is 2.30 bits per heavy atom. The molecule has 2 heterocycles. The van der Waals surface area contributed by atoms with E-state index in [1.807, 2.05) is 0 Å². The smallest absolute Gasteiger partial charge is 0.309 e. The van der Waals surface area contributed by atoms with Gasteiger partial charge in [0.1, 0.15) is 0 Å². The van der Waals surface area contributed by atoms with Crippen LogP contribution >= 0.6 is 27.3 Å². The number of halogens is 1. The molecule has 2 aromatic heterocycles.